The van der Waals surface area contributed by atoms with E-state index in [0.717, 1.165) is 15.4 Å². The fourth-order valence-corrected chi connectivity index (χ4v) is 3.49. The summed E-state index contributed by atoms with van der Waals surface area (Å²) in [7, 11) is -1.97. The van der Waals surface area contributed by atoms with Gasteiger partial charge in [0, 0.05) is 13.6 Å². The van der Waals surface area contributed by atoms with Crippen LogP contribution in [-0.4, -0.2) is 49.4 Å². The fraction of sp³-hybridized carbons (Fsp3) is 0.533. The second-order valence-corrected chi connectivity index (χ2v) is 7.88. The lowest BCUT2D eigenvalue weighted by atomic mass is 9.93. The molecule has 1 aliphatic heterocycles. The molecule has 0 radical (unpaired) electrons. The number of sulfonamides is 1. The van der Waals surface area contributed by atoms with Crippen LogP contribution in [0, 0.1) is 5.82 Å². The molecule has 0 saturated heterocycles. The van der Waals surface area contributed by atoms with E-state index in [1.165, 1.54) is 19.2 Å². The molecular formula is C15H21FN2O3S. The molecule has 2 rings (SSSR count). The molecule has 1 heterocycles. The van der Waals surface area contributed by atoms with Crippen molar-refractivity contribution in [2.75, 3.05) is 25.9 Å². The molecule has 1 amide bonds. The first kappa shape index (κ1) is 16.9. The Labute approximate surface area is 130 Å². The van der Waals surface area contributed by atoms with E-state index in [1.807, 2.05) is 6.92 Å². The van der Waals surface area contributed by atoms with Crippen molar-refractivity contribution in [2.45, 2.75) is 26.3 Å². The molecule has 1 aromatic rings. The van der Waals surface area contributed by atoms with Crippen molar-refractivity contribution in [3.8, 4) is 0 Å². The minimum absolute atomic E-state index is 0.0333. The fourth-order valence-electron chi connectivity index (χ4n) is 2.74. The average Bonchev–Trinajstić information content (AvgIpc) is 2.47. The minimum Gasteiger partial charge on any atom is -0.334 e. The zero-order valence-electron chi connectivity index (χ0n) is 13.0. The predicted molar refractivity (Wildman–Crippen MR) is 82.3 cm³/mol. The third-order valence-corrected chi connectivity index (χ3v) is 5.97. The molecule has 0 fully saturated rings. The number of hydrogen-bond acceptors (Lipinski definition) is 3. The number of carbonyl (C=O) groups is 1. The number of likely N-dealkylation sites (N-methyl/N-ethyl adjacent to an activating group) is 1. The van der Waals surface area contributed by atoms with Gasteiger partial charge in [0.1, 0.15) is 5.82 Å². The summed E-state index contributed by atoms with van der Waals surface area (Å²) in [5, 5.41) is 0. The van der Waals surface area contributed by atoms with Crippen LogP contribution in [0.4, 0.5) is 4.39 Å². The first-order chi connectivity index (χ1) is 10.3. The maximum absolute atomic E-state index is 13.3. The standard InChI is InChI=1S/C15H21FN2O3S/c1-4-22(20,21)17(3)10-15(19)18-8-7-12-9-13(16)5-6-14(12)11(18)2/h5-6,9,11H,4,7-8,10H2,1-3H3. The maximum Gasteiger partial charge on any atom is 0.238 e. The van der Waals surface area contributed by atoms with E-state index < -0.39 is 10.0 Å². The van der Waals surface area contributed by atoms with Gasteiger partial charge in [0.2, 0.25) is 15.9 Å². The van der Waals surface area contributed by atoms with Gasteiger partial charge in [-0.05, 0) is 43.5 Å². The van der Waals surface area contributed by atoms with Crippen molar-refractivity contribution in [3.63, 3.8) is 0 Å². The smallest absolute Gasteiger partial charge is 0.238 e. The van der Waals surface area contributed by atoms with E-state index in [-0.39, 0.29) is 30.1 Å². The van der Waals surface area contributed by atoms with Crippen molar-refractivity contribution < 1.29 is 17.6 Å². The number of fused-ring (bicyclic) bond motifs is 1. The molecule has 0 saturated carbocycles. The third kappa shape index (κ3) is 3.30. The van der Waals surface area contributed by atoms with Crippen LogP contribution in [0.25, 0.3) is 0 Å². The molecule has 1 unspecified atom stereocenters. The Bertz CT molecular complexity index is 675. The normalized spacial score (nSPS) is 18.4. The van der Waals surface area contributed by atoms with Gasteiger partial charge < -0.3 is 4.90 Å². The Morgan fingerprint density at radius 3 is 2.77 bits per heavy atom. The zero-order valence-corrected chi connectivity index (χ0v) is 13.9. The van der Waals surface area contributed by atoms with E-state index >= 15 is 0 Å². The number of benzene rings is 1. The summed E-state index contributed by atoms with van der Waals surface area (Å²) >= 11 is 0. The van der Waals surface area contributed by atoms with E-state index in [2.05, 4.69) is 0 Å². The Morgan fingerprint density at radius 1 is 1.45 bits per heavy atom. The van der Waals surface area contributed by atoms with Crippen LogP contribution in [-0.2, 0) is 21.2 Å². The molecule has 1 atom stereocenters. The Morgan fingerprint density at radius 2 is 2.14 bits per heavy atom. The van der Waals surface area contributed by atoms with Gasteiger partial charge in [0.25, 0.3) is 0 Å². The lowest BCUT2D eigenvalue weighted by Crippen LogP contribution is -2.45. The number of amides is 1. The number of carbonyl (C=O) groups excluding carboxylic acids is 1. The molecule has 0 aromatic heterocycles. The highest BCUT2D eigenvalue weighted by Gasteiger charge is 2.29. The molecule has 7 heteroatoms. The number of nitrogens with zero attached hydrogens (tertiary/aromatic N) is 2. The van der Waals surface area contributed by atoms with E-state index in [1.54, 1.807) is 17.9 Å². The lowest BCUT2D eigenvalue weighted by molar-refractivity contribution is -0.133. The second-order valence-electron chi connectivity index (χ2n) is 5.51. The van der Waals surface area contributed by atoms with Gasteiger partial charge in [0.05, 0.1) is 18.3 Å². The summed E-state index contributed by atoms with van der Waals surface area (Å²) < 4.78 is 37.8. The van der Waals surface area contributed by atoms with Crippen LogP contribution >= 0.6 is 0 Å². The first-order valence-corrected chi connectivity index (χ1v) is 8.89. The van der Waals surface area contributed by atoms with Crippen molar-refractivity contribution >= 4 is 15.9 Å². The Kier molecular flexibility index (Phi) is 4.87. The SMILES string of the molecule is CCS(=O)(=O)N(C)CC(=O)N1CCc2cc(F)ccc2C1C. The van der Waals surface area contributed by atoms with Gasteiger partial charge in [-0.1, -0.05) is 6.07 Å². The summed E-state index contributed by atoms with van der Waals surface area (Å²) in [4.78, 5) is 14.1. The summed E-state index contributed by atoms with van der Waals surface area (Å²) in [5.41, 5.74) is 1.83. The highest BCUT2D eigenvalue weighted by atomic mass is 32.2. The molecule has 5 nitrogen and oxygen atoms in total. The highest BCUT2D eigenvalue weighted by Crippen LogP contribution is 2.29. The van der Waals surface area contributed by atoms with Crippen LogP contribution in [0.3, 0.4) is 0 Å². The van der Waals surface area contributed by atoms with Crippen LogP contribution in [0.2, 0.25) is 0 Å². The Balaban J connectivity index is 2.14. The van der Waals surface area contributed by atoms with Crippen molar-refractivity contribution in [3.05, 3.63) is 35.1 Å². The average molecular weight is 328 g/mol. The van der Waals surface area contributed by atoms with Crippen LogP contribution in [0.1, 0.15) is 31.0 Å². The molecule has 22 heavy (non-hydrogen) atoms. The molecule has 1 aromatic carbocycles. The van der Waals surface area contributed by atoms with Gasteiger partial charge in [-0.25, -0.2) is 12.8 Å². The topological polar surface area (TPSA) is 57.7 Å². The summed E-state index contributed by atoms with van der Waals surface area (Å²) in [6.07, 6.45) is 0.577. The lowest BCUT2D eigenvalue weighted by Gasteiger charge is -2.36. The van der Waals surface area contributed by atoms with E-state index in [4.69, 9.17) is 0 Å². The summed E-state index contributed by atoms with van der Waals surface area (Å²) in [6.45, 7) is 3.72. The number of rotatable bonds is 4. The molecule has 1 aliphatic rings. The third-order valence-electron chi connectivity index (χ3n) is 4.16. The molecule has 0 bridgehead atoms. The second kappa shape index (κ2) is 6.34. The monoisotopic (exact) mass is 328 g/mol. The first-order valence-electron chi connectivity index (χ1n) is 7.28. The summed E-state index contributed by atoms with van der Waals surface area (Å²) in [6, 6.07) is 4.40. The highest BCUT2D eigenvalue weighted by molar-refractivity contribution is 7.89. The summed E-state index contributed by atoms with van der Waals surface area (Å²) in [5.74, 6) is -0.546. The quantitative estimate of drug-likeness (QED) is 0.843. The van der Waals surface area contributed by atoms with Gasteiger partial charge in [-0.2, -0.15) is 4.31 Å². The number of halogens is 1. The van der Waals surface area contributed by atoms with Gasteiger partial charge >= 0.3 is 0 Å². The largest absolute Gasteiger partial charge is 0.334 e. The van der Waals surface area contributed by atoms with Crippen LogP contribution in [0.5, 0.6) is 0 Å². The van der Waals surface area contributed by atoms with E-state index in [9.17, 15) is 17.6 Å². The minimum atomic E-state index is -3.38. The molecule has 0 aliphatic carbocycles. The van der Waals surface area contributed by atoms with Crippen molar-refractivity contribution in [1.29, 1.82) is 0 Å². The Hall–Kier alpha value is -1.47. The van der Waals surface area contributed by atoms with Crippen LogP contribution < -0.4 is 0 Å². The number of hydrogen-bond donors (Lipinski definition) is 0. The van der Waals surface area contributed by atoms with Crippen LogP contribution in [0.15, 0.2) is 18.2 Å². The predicted octanol–water partition coefficient (Wildman–Crippen LogP) is 1.55. The van der Waals surface area contributed by atoms with Crippen molar-refractivity contribution in [2.24, 2.45) is 0 Å². The zero-order chi connectivity index (χ0) is 16.5. The van der Waals surface area contributed by atoms with Gasteiger partial charge in [0.15, 0.2) is 0 Å². The van der Waals surface area contributed by atoms with Crippen molar-refractivity contribution in [1.82, 2.24) is 9.21 Å². The maximum atomic E-state index is 13.3. The van der Waals surface area contributed by atoms with Gasteiger partial charge in [-0.3, -0.25) is 4.79 Å². The molecule has 0 N–H and O–H groups in total. The molecule has 0 spiro atoms. The van der Waals surface area contributed by atoms with E-state index in [0.29, 0.717) is 13.0 Å². The molecular weight excluding hydrogens is 307 g/mol. The molecule has 122 valence electrons. The van der Waals surface area contributed by atoms with Gasteiger partial charge in [-0.15, -0.1) is 0 Å².